The van der Waals surface area contributed by atoms with Crippen LogP contribution in [0.4, 0.5) is 0 Å². The lowest BCUT2D eigenvalue weighted by Gasteiger charge is -2.18. The summed E-state index contributed by atoms with van der Waals surface area (Å²) < 4.78 is 9.00. The molecule has 2 nitrogen and oxygen atoms in total. The Morgan fingerprint density at radius 2 is 1.71 bits per heavy atom. The van der Waals surface area contributed by atoms with E-state index in [1.165, 1.54) is 0 Å². The van der Waals surface area contributed by atoms with Gasteiger partial charge in [-0.05, 0) is 0 Å². The molecule has 0 radical (unpaired) electrons. The van der Waals surface area contributed by atoms with Crippen molar-refractivity contribution >= 4 is 22.9 Å². The smallest absolute Gasteiger partial charge is 0.183 e. The highest BCUT2D eigenvalue weighted by atomic mass is 32.1. The molecule has 0 atom stereocenters. The quantitative estimate of drug-likeness (QED) is 0.305. The SMILES string of the molecule is COC([SiH3])(S)OC. The Morgan fingerprint density at radius 1 is 1.43 bits per heavy atom. The second-order valence-electron chi connectivity index (χ2n) is 1.31. The van der Waals surface area contributed by atoms with E-state index in [-0.39, 0.29) is 0 Å². The normalized spacial score (nSPS) is 12.4. The average Bonchev–Trinajstić information content (AvgIpc) is 1.68. The molecule has 0 saturated heterocycles. The van der Waals surface area contributed by atoms with E-state index in [1.807, 2.05) is 0 Å². The lowest BCUT2D eigenvalue weighted by Crippen LogP contribution is -2.26. The molecule has 0 spiro atoms. The van der Waals surface area contributed by atoms with Gasteiger partial charge in [0, 0.05) is 14.2 Å². The fourth-order valence-corrected chi connectivity index (χ4v) is 0.0833. The zero-order valence-electron chi connectivity index (χ0n) is 4.76. The first-order valence-corrected chi connectivity index (χ1v) is 3.40. The van der Waals surface area contributed by atoms with Gasteiger partial charge >= 0.3 is 0 Å². The minimum Gasteiger partial charge on any atom is -0.349 e. The predicted molar refractivity (Wildman–Crippen MR) is 35.7 cm³/mol. The van der Waals surface area contributed by atoms with Crippen molar-refractivity contribution in [3.8, 4) is 0 Å². The Morgan fingerprint density at radius 3 is 1.71 bits per heavy atom. The van der Waals surface area contributed by atoms with Crippen LogP contribution in [0.15, 0.2) is 0 Å². The zero-order chi connectivity index (χ0) is 5.91. The summed E-state index contributed by atoms with van der Waals surface area (Å²) in [5.74, 6) is 0. The van der Waals surface area contributed by atoms with Crippen molar-refractivity contribution < 1.29 is 9.47 Å². The van der Waals surface area contributed by atoms with Crippen LogP contribution in [0.5, 0.6) is 0 Å². The molecule has 44 valence electrons. The molecule has 0 heterocycles. The Balaban J connectivity index is 3.36. The maximum Gasteiger partial charge on any atom is 0.183 e. The number of ether oxygens (including phenoxy) is 2. The molecule has 0 rings (SSSR count). The van der Waals surface area contributed by atoms with Crippen molar-refractivity contribution in [3.05, 3.63) is 0 Å². The molecule has 0 bridgehead atoms. The van der Waals surface area contributed by atoms with Crippen molar-refractivity contribution in [2.45, 2.75) is 4.74 Å². The molecular weight excluding hydrogens is 128 g/mol. The van der Waals surface area contributed by atoms with E-state index in [2.05, 4.69) is 12.6 Å². The van der Waals surface area contributed by atoms with Gasteiger partial charge in [0.1, 0.15) is 0 Å². The van der Waals surface area contributed by atoms with E-state index < -0.39 is 4.74 Å². The van der Waals surface area contributed by atoms with Gasteiger partial charge in [0.15, 0.2) is 4.74 Å². The molecule has 0 N–H and O–H groups in total. The van der Waals surface area contributed by atoms with Crippen molar-refractivity contribution in [2.24, 2.45) is 0 Å². The van der Waals surface area contributed by atoms with Crippen LogP contribution in [0.25, 0.3) is 0 Å². The highest BCUT2D eigenvalue weighted by molar-refractivity contribution is 7.82. The van der Waals surface area contributed by atoms with Crippen molar-refractivity contribution in [1.82, 2.24) is 0 Å². The van der Waals surface area contributed by atoms with Crippen LogP contribution in [0.1, 0.15) is 0 Å². The summed E-state index contributed by atoms with van der Waals surface area (Å²) in [4.78, 5) is 0. The molecule has 0 aliphatic carbocycles. The Kier molecular flexibility index (Phi) is 2.90. The van der Waals surface area contributed by atoms with E-state index >= 15 is 0 Å². The van der Waals surface area contributed by atoms with Crippen molar-refractivity contribution in [2.75, 3.05) is 14.2 Å². The molecule has 7 heavy (non-hydrogen) atoms. The molecule has 0 aliphatic rings. The first-order chi connectivity index (χ1) is 3.12. The lowest BCUT2D eigenvalue weighted by molar-refractivity contribution is -0.0688. The topological polar surface area (TPSA) is 18.5 Å². The molecule has 0 amide bonds. The van der Waals surface area contributed by atoms with Crippen molar-refractivity contribution in [3.63, 3.8) is 0 Å². The van der Waals surface area contributed by atoms with E-state index in [0.717, 1.165) is 10.2 Å². The van der Waals surface area contributed by atoms with Gasteiger partial charge in [-0.2, -0.15) is 0 Å². The van der Waals surface area contributed by atoms with Gasteiger partial charge in [0.2, 0.25) is 0 Å². The van der Waals surface area contributed by atoms with Crippen LogP contribution in [0.3, 0.4) is 0 Å². The summed E-state index contributed by atoms with van der Waals surface area (Å²) in [6.07, 6.45) is 0. The molecule has 0 aliphatic heterocycles. The zero-order valence-corrected chi connectivity index (χ0v) is 7.66. The van der Waals surface area contributed by atoms with E-state index in [1.54, 1.807) is 14.2 Å². The molecule has 0 aromatic carbocycles. The summed E-state index contributed by atoms with van der Waals surface area (Å²) in [5, 5.41) is 0. The average molecular weight is 138 g/mol. The van der Waals surface area contributed by atoms with Crippen molar-refractivity contribution in [1.29, 1.82) is 0 Å². The molecule has 0 saturated carbocycles. The molecule has 0 aromatic heterocycles. The van der Waals surface area contributed by atoms with Crippen LogP contribution < -0.4 is 0 Å². The number of methoxy groups -OCH3 is 2. The summed E-state index contributed by atoms with van der Waals surface area (Å²) >= 11 is 4.00. The Bertz CT molecular complexity index is 50.9. The first kappa shape index (κ1) is 7.49. The highest BCUT2D eigenvalue weighted by Crippen LogP contribution is 2.08. The second kappa shape index (κ2) is 2.71. The number of hydrogen-bond donors (Lipinski definition) is 1. The maximum absolute atomic E-state index is 4.79. The largest absolute Gasteiger partial charge is 0.349 e. The minimum atomic E-state index is -0.583. The minimum absolute atomic E-state index is 0.583. The number of rotatable bonds is 2. The molecule has 0 aromatic rings. The summed E-state index contributed by atoms with van der Waals surface area (Å²) in [7, 11) is 3.92. The van der Waals surface area contributed by atoms with Gasteiger partial charge < -0.3 is 9.47 Å². The summed E-state index contributed by atoms with van der Waals surface area (Å²) in [6, 6.07) is 0. The summed E-state index contributed by atoms with van der Waals surface area (Å²) in [5.41, 5.74) is 0. The van der Waals surface area contributed by atoms with Crippen LogP contribution in [0, 0.1) is 0 Å². The maximum atomic E-state index is 4.79. The third-order valence-electron chi connectivity index (χ3n) is 0.757. The van der Waals surface area contributed by atoms with Gasteiger partial charge in [0.05, 0.1) is 10.2 Å². The number of hydrogen-bond acceptors (Lipinski definition) is 3. The van der Waals surface area contributed by atoms with Crippen LogP contribution >= 0.6 is 12.6 Å². The number of thiol groups is 1. The molecule has 0 unspecified atom stereocenters. The molecular formula is C3H10O2SSi. The molecule has 0 fully saturated rings. The fraction of sp³-hybridized carbons (Fsp3) is 1.00. The van der Waals surface area contributed by atoms with Crippen LogP contribution in [-0.2, 0) is 9.47 Å². The standard InChI is InChI=1S/C3H10O2SSi/c1-4-3(6,7)5-2/h6H,1-2,7H3. The van der Waals surface area contributed by atoms with Gasteiger partial charge in [-0.1, -0.05) is 0 Å². The van der Waals surface area contributed by atoms with Gasteiger partial charge in [0.25, 0.3) is 0 Å². The lowest BCUT2D eigenvalue weighted by atomic mass is 11.3. The fourth-order valence-electron chi connectivity index (χ4n) is 0.0833. The Hall–Kier alpha value is 0.487. The monoisotopic (exact) mass is 138 g/mol. The van der Waals surface area contributed by atoms with Gasteiger partial charge in [-0.25, -0.2) is 0 Å². The van der Waals surface area contributed by atoms with E-state index in [4.69, 9.17) is 9.47 Å². The van der Waals surface area contributed by atoms with E-state index in [9.17, 15) is 0 Å². The third kappa shape index (κ3) is 3.10. The Labute approximate surface area is 52.0 Å². The van der Waals surface area contributed by atoms with Gasteiger partial charge in [-0.15, -0.1) is 12.6 Å². The molecule has 4 heteroatoms. The van der Waals surface area contributed by atoms with E-state index in [0.29, 0.717) is 0 Å². The van der Waals surface area contributed by atoms with Gasteiger partial charge in [-0.3, -0.25) is 0 Å². The third-order valence-corrected chi connectivity index (χ3v) is 1.94. The van der Waals surface area contributed by atoms with Crippen LogP contribution in [0.2, 0.25) is 0 Å². The highest BCUT2D eigenvalue weighted by Gasteiger charge is 2.13. The van der Waals surface area contributed by atoms with Crippen LogP contribution in [-0.4, -0.2) is 29.2 Å². The predicted octanol–water partition coefficient (Wildman–Crippen LogP) is -0.814. The summed E-state index contributed by atoms with van der Waals surface area (Å²) in [6.45, 7) is 0. The first-order valence-electron chi connectivity index (χ1n) is 1.95. The second-order valence-corrected chi connectivity index (χ2v) is 4.28.